The Bertz CT molecular complexity index is 990. The van der Waals surface area contributed by atoms with Gasteiger partial charge < -0.3 is 10.2 Å². The molecule has 31 heavy (non-hydrogen) atoms. The third-order valence-electron chi connectivity index (χ3n) is 6.54. The Balaban J connectivity index is 1.21. The van der Waals surface area contributed by atoms with E-state index in [0.29, 0.717) is 18.0 Å². The monoisotopic (exact) mass is 418 g/mol. The van der Waals surface area contributed by atoms with Crippen LogP contribution in [0, 0.1) is 11.8 Å². The van der Waals surface area contributed by atoms with Crippen LogP contribution in [-0.2, 0) is 14.4 Å². The Hall–Kier alpha value is -3.19. The largest absolute Gasteiger partial charge is 0.382 e. The van der Waals surface area contributed by atoms with Crippen molar-refractivity contribution < 1.29 is 14.4 Å². The number of amides is 2. The van der Waals surface area contributed by atoms with Gasteiger partial charge in [0.1, 0.15) is 0 Å². The molecule has 7 heteroatoms. The fraction of sp³-hybridized carbons (Fsp3) is 0.375. The summed E-state index contributed by atoms with van der Waals surface area (Å²) < 4.78 is 0. The number of hydrogen-bond acceptors (Lipinski definition) is 5. The molecule has 4 atom stereocenters. The molecule has 160 valence electrons. The smallest absolute Gasteiger partial charge is 0.268 e. The van der Waals surface area contributed by atoms with E-state index in [4.69, 9.17) is 4.84 Å². The van der Waals surface area contributed by atoms with Crippen molar-refractivity contribution in [3.05, 3.63) is 65.7 Å². The summed E-state index contributed by atoms with van der Waals surface area (Å²) >= 11 is 0. The van der Waals surface area contributed by atoms with Gasteiger partial charge in [-0.2, -0.15) is 0 Å². The van der Waals surface area contributed by atoms with Gasteiger partial charge >= 0.3 is 0 Å². The molecule has 1 aliphatic carbocycles. The van der Waals surface area contributed by atoms with Crippen molar-refractivity contribution in [3.63, 3.8) is 0 Å². The Labute approximate surface area is 181 Å². The van der Waals surface area contributed by atoms with Gasteiger partial charge in [-0.25, -0.2) is 5.43 Å². The number of carbonyl (C=O) groups excluding carboxylic acids is 2. The second-order valence-electron chi connectivity index (χ2n) is 8.48. The minimum atomic E-state index is -0.631. The molecule has 3 aliphatic rings. The number of benzene rings is 2. The lowest BCUT2D eigenvalue weighted by atomic mass is 9.72. The molecular weight excluding hydrogens is 392 g/mol. The van der Waals surface area contributed by atoms with E-state index in [1.807, 2.05) is 54.6 Å². The summed E-state index contributed by atoms with van der Waals surface area (Å²) in [5.74, 6) is 0.289. The molecule has 2 aromatic carbocycles. The molecule has 3 N–H and O–H groups in total. The lowest BCUT2D eigenvalue weighted by molar-refractivity contribution is -0.133. The molecule has 2 fully saturated rings. The zero-order valence-corrected chi connectivity index (χ0v) is 17.2. The molecule has 2 amide bonds. The fourth-order valence-electron chi connectivity index (χ4n) is 4.88. The quantitative estimate of drug-likeness (QED) is 0.710. The van der Waals surface area contributed by atoms with Crippen LogP contribution in [0.15, 0.2) is 59.8 Å². The number of nitrogens with one attached hydrogen (secondary N) is 3. The molecule has 0 aromatic heterocycles. The number of fused-ring (bicyclic) bond motifs is 1. The molecule has 2 heterocycles. The van der Waals surface area contributed by atoms with Crippen molar-refractivity contribution in [2.75, 3.05) is 5.32 Å². The standard InChI is InChI=1S/C24H26N4O3/c29-23-19-9-5-4-8-18(19)22(26-27-23)16-10-12-17(13-11-16)25-24(30)21-14-20(28-31-21)15-6-2-1-3-7-15/h1-3,6-7,10-13,18-19,21-22,26H,4-5,8-9,14H2,(H,25,30)(H,27,29). The highest BCUT2D eigenvalue weighted by molar-refractivity contribution is 6.06. The van der Waals surface area contributed by atoms with Crippen LogP contribution in [0.4, 0.5) is 5.69 Å². The number of rotatable bonds is 4. The Morgan fingerprint density at radius 3 is 2.61 bits per heavy atom. The van der Waals surface area contributed by atoms with Crippen molar-refractivity contribution >= 4 is 23.2 Å². The summed E-state index contributed by atoms with van der Waals surface area (Å²) in [6, 6.07) is 17.7. The van der Waals surface area contributed by atoms with E-state index in [9.17, 15) is 9.59 Å². The van der Waals surface area contributed by atoms with E-state index in [1.165, 1.54) is 0 Å². The van der Waals surface area contributed by atoms with Gasteiger partial charge in [0.2, 0.25) is 12.0 Å². The van der Waals surface area contributed by atoms with Crippen molar-refractivity contribution in [1.29, 1.82) is 0 Å². The number of nitrogens with zero attached hydrogens (tertiary/aromatic N) is 1. The van der Waals surface area contributed by atoms with Crippen LogP contribution in [0.5, 0.6) is 0 Å². The van der Waals surface area contributed by atoms with E-state index >= 15 is 0 Å². The van der Waals surface area contributed by atoms with Gasteiger partial charge in [-0.1, -0.05) is 60.5 Å². The maximum Gasteiger partial charge on any atom is 0.268 e. The predicted molar refractivity (Wildman–Crippen MR) is 117 cm³/mol. The minimum absolute atomic E-state index is 0.0812. The highest BCUT2D eigenvalue weighted by Crippen LogP contribution is 2.40. The molecule has 2 aliphatic heterocycles. The van der Waals surface area contributed by atoms with E-state index < -0.39 is 6.10 Å². The van der Waals surface area contributed by atoms with E-state index in [2.05, 4.69) is 21.3 Å². The first-order valence-corrected chi connectivity index (χ1v) is 10.9. The number of hydrogen-bond donors (Lipinski definition) is 3. The van der Waals surface area contributed by atoms with Gasteiger partial charge in [0, 0.05) is 18.0 Å². The van der Waals surface area contributed by atoms with Gasteiger partial charge in [0.05, 0.1) is 11.8 Å². The minimum Gasteiger partial charge on any atom is -0.382 e. The normalized spacial score (nSPS) is 27.5. The third-order valence-corrected chi connectivity index (χ3v) is 6.54. The van der Waals surface area contributed by atoms with E-state index in [1.54, 1.807) is 0 Å². The maximum absolute atomic E-state index is 12.6. The Kier molecular flexibility index (Phi) is 5.42. The lowest BCUT2D eigenvalue weighted by Crippen LogP contribution is -2.55. The van der Waals surface area contributed by atoms with Crippen molar-refractivity contribution in [2.24, 2.45) is 17.0 Å². The van der Waals surface area contributed by atoms with E-state index in [-0.39, 0.29) is 23.8 Å². The summed E-state index contributed by atoms with van der Waals surface area (Å²) in [6.07, 6.45) is 4.10. The van der Waals surface area contributed by atoms with Crippen LogP contribution in [0.25, 0.3) is 0 Å². The van der Waals surface area contributed by atoms with Gasteiger partial charge in [-0.15, -0.1) is 0 Å². The van der Waals surface area contributed by atoms with Crippen LogP contribution in [-0.4, -0.2) is 23.6 Å². The van der Waals surface area contributed by atoms with Gasteiger partial charge in [0.25, 0.3) is 5.91 Å². The summed E-state index contributed by atoms with van der Waals surface area (Å²) in [5, 5.41) is 7.00. The topological polar surface area (TPSA) is 91.8 Å². The third kappa shape index (κ3) is 4.05. The maximum atomic E-state index is 12.6. The van der Waals surface area contributed by atoms with Crippen LogP contribution in [0.2, 0.25) is 0 Å². The van der Waals surface area contributed by atoms with Crippen molar-refractivity contribution in [1.82, 2.24) is 10.9 Å². The second kappa shape index (κ2) is 8.51. The molecule has 0 spiro atoms. The van der Waals surface area contributed by atoms with Crippen LogP contribution in [0.1, 0.15) is 49.3 Å². The molecule has 1 saturated heterocycles. The summed E-state index contributed by atoms with van der Waals surface area (Å²) in [5.41, 5.74) is 9.61. The number of carbonyl (C=O) groups is 2. The van der Waals surface area contributed by atoms with Gasteiger partial charge in [0.15, 0.2) is 0 Å². The molecule has 2 aromatic rings. The van der Waals surface area contributed by atoms with Gasteiger partial charge in [-0.3, -0.25) is 15.0 Å². The molecular formula is C24H26N4O3. The van der Waals surface area contributed by atoms with Crippen molar-refractivity contribution in [3.8, 4) is 0 Å². The van der Waals surface area contributed by atoms with Gasteiger partial charge in [-0.05, 0) is 42.0 Å². The highest BCUT2D eigenvalue weighted by Gasteiger charge is 2.40. The molecule has 0 bridgehead atoms. The first-order chi connectivity index (χ1) is 15.2. The molecule has 5 rings (SSSR count). The first-order valence-electron chi connectivity index (χ1n) is 10.9. The number of oxime groups is 1. The molecule has 4 unspecified atom stereocenters. The van der Waals surface area contributed by atoms with Crippen LogP contribution >= 0.6 is 0 Å². The fourth-order valence-corrected chi connectivity index (χ4v) is 4.88. The average molecular weight is 418 g/mol. The zero-order valence-electron chi connectivity index (χ0n) is 17.2. The van der Waals surface area contributed by atoms with Crippen LogP contribution in [0.3, 0.4) is 0 Å². The number of hydrazine groups is 1. The SMILES string of the molecule is O=C(Nc1ccc(C2NNC(=O)C3CCCCC32)cc1)C1CC(c2ccccc2)=NO1. The highest BCUT2D eigenvalue weighted by atomic mass is 16.6. The number of anilines is 1. The Morgan fingerprint density at radius 1 is 1.03 bits per heavy atom. The summed E-state index contributed by atoms with van der Waals surface area (Å²) in [7, 11) is 0. The zero-order chi connectivity index (χ0) is 21.2. The summed E-state index contributed by atoms with van der Waals surface area (Å²) in [4.78, 5) is 30.2. The summed E-state index contributed by atoms with van der Waals surface area (Å²) in [6.45, 7) is 0. The molecule has 7 nitrogen and oxygen atoms in total. The predicted octanol–water partition coefficient (Wildman–Crippen LogP) is 3.30. The van der Waals surface area contributed by atoms with Crippen molar-refractivity contribution in [2.45, 2.75) is 44.2 Å². The van der Waals surface area contributed by atoms with E-state index in [0.717, 1.165) is 42.5 Å². The lowest BCUT2D eigenvalue weighted by Gasteiger charge is -2.41. The first kappa shape index (κ1) is 19.8. The molecule has 1 saturated carbocycles. The second-order valence-corrected chi connectivity index (χ2v) is 8.48. The molecule has 0 radical (unpaired) electrons. The average Bonchev–Trinajstić information content (AvgIpc) is 3.32. The van der Waals surface area contributed by atoms with Crippen LogP contribution < -0.4 is 16.2 Å². The Morgan fingerprint density at radius 2 is 1.81 bits per heavy atom.